The zero-order valence-electron chi connectivity index (χ0n) is 11.6. The molecule has 0 aliphatic heterocycles. The molecule has 0 aliphatic rings. The zero-order valence-corrected chi connectivity index (χ0v) is 11.6. The van der Waals surface area contributed by atoms with Crippen LogP contribution in [0.3, 0.4) is 0 Å². The Morgan fingerprint density at radius 1 is 1.48 bits per heavy atom. The number of H-pyrrole nitrogens is 1. The van der Waals surface area contributed by atoms with Crippen molar-refractivity contribution < 1.29 is 9.72 Å². The molecule has 1 amide bonds. The van der Waals surface area contributed by atoms with Crippen LogP contribution in [0.15, 0.2) is 30.6 Å². The second kappa shape index (κ2) is 6.65. The third-order valence-corrected chi connectivity index (χ3v) is 3.18. The molecule has 7 heteroatoms. The van der Waals surface area contributed by atoms with Crippen molar-refractivity contribution in [3.63, 3.8) is 0 Å². The van der Waals surface area contributed by atoms with E-state index in [4.69, 9.17) is 0 Å². The summed E-state index contributed by atoms with van der Waals surface area (Å²) >= 11 is 0. The Hall–Kier alpha value is -2.70. The van der Waals surface area contributed by atoms with Crippen molar-refractivity contribution in [3.05, 3.63) is 57.7 Å². The second-order valence-electron chi connectivity index (χ2n) is 4.60. The van der Waals surface area contributed by atoms with Crippen LogP contribution in [-0.4, -0.2) is 27.3 Å². The molecule has 7 nitrogen and oxygen atoms in total. The summed E-state index contributed by atoms with van der Waals surface area (Å²) in [5, 5.41) is 13.6. The van der Waals surface area contributed by atoms with Gasteiger partial charge < -0.3 is 10.3 Å². The largest absolute Gasteiger partial charge is 0.352 e. The Balaban J connectivity index is 1.91. The van der Waals surface area contributed by atoms with Gasteiger partial charge in [-0.3, -0.25) is 14.9 Å². The molecule has 21 heavy (non-hydrogen) atoms. The summed E-state index contributed by atoms with van der Waals surface area (Å²) in [6, 6.07) is 4.50. The van der Waals surface area contributed by atoms with Crippen molar-refractivity contribution in [3.8, 4) is 0 Å². The summed E-state index contributed by atoms with van der Waals surface area (Å²) < 4.78 is 0. The number of amides is 1. The fraction of sp³-hybridized carbons (Fsp3) is 0.286. The summed E-state index contributed by atoms with van der Waals surface area (Å²) in [6.07, 6.45) is 4.91. The van der Waals surface area contributed by atoms with Gasteiger partial charge in [-0.05, 0) is 19.4 Å². The summed E-state index contributed by atoms with van der Waals surface area (Å²) in [5.74, 6) is 0.575. The van der Waals surface area contributed by atoms with Crippen molar-refractivity contribution in [1.82, 2.24) is 15.3 Å². The first kappa shape index (κ1) is 14.7. The third-order valence-electron chi connectivity index (χ3n) is 3.18. The number of aromatic nitrogens is 2. The molecule has 1 heterocycles. The van der Waals surface area contributed by atoms with E-state index in [0.29, 0.717) is 17.7 Å². The number of nitro groups is 1. The molecular weight excluding hydrogens is 272 g/mol. The Kier molecular flexibility index (Phi) is 4.65. The van der Waals surface area contributed by atoms with Crippen molar-refractivity contribution in [2.45, 2.75) is 19.8 Å². The number of benzene rings is 1. The smallest absolute Gasteiger partial charge is 0.273 e. The first-order chi connectivity index (χ1) is 10.1. The number of rotatable bonds is 6. The molecule has 0 unspecified atom stereocenters. The minimum Gasteiger partial charge on any atom is -0.352 e. The maximum atomic E-state index is 12.0. The lowest BCUT2D eigenvalue weighted by Gasteiger charge is -2.07. The molecule has 0 spiro atoms. The van der Waals surface area contributed by atoms with Crippen molar-refractivity contribution in [2.75, 3.05) is 6.54 Å². The molecule has 0 fully saturated rings. The quantitative estimate of drug-likeness (QED) is 0.482. The maximum absolute atomic E-state index is 12.0. The first-order valence-electron chi connectivity index (χ1n) is 6.60. The molecule has 0 atom stereocenters. The number of carbonyl (C=O) groups is 1. The lowest BCUT2D eigenvalue weighted by molar-refractivity contribution is -0.385. The van der Waals surface area contributed by atoms with Crippen molar-refractivity contribution in [2.24, 2.45) is 0 Å². The van der Waals surface area contributed by atoms with Gasteiger partial charge in [-0.15, -0.1) is 0 Å². The van der Waals surface area contributed by atoms with E-state index in [9.17, 15) is 14.9 Å². The topological polar surface area (TPSA) is 101 Å². The minimum atomic E-state index is -0.483. The molecule has 0 radical (unpaired) electrons. The average Bonchev–Trinajstić information content (AvgIpc) is 2.96. The number of imidazole rings is 1. The van der Waals surface area contributed by atoms with E-state index >= 15 is 0 Å². The van der Waals surface area contributed by atoms with Gasteiger partial charge in [0.2, 0.25) is 0 Å². The predicted octanol–water partition coefficient (Wildman–Crippen LogP) is 1.99. The summed E-state index contributed by atoms with van der Waals surface area (Å²) in [6.45, 7) is 2.07. The average molecular weight is 288 g/mol. The summed E-state index contributed by atoms with van der Waals surface area (Å²) in [5.41, 5.74) is 0.673. The fourth-order valence-electron chi connectivity index (χ4n) is 2.05. The van der Waals surface area contributed by atoms with E-state index in [0.717, 1.165) is 18.7 Å². The van der Waals surface area contributed by atoms with Gasteiger partial charge in [-0.1, -0.05) is 6.07 Å². The van der Waals surface area contributed by atoms with Gasteiger partial charge in [0.25, 0.3) is 11.6 Å². The Morgan fingerprint density at radius 2 is 2.29 bits per heavy atom. The van der Waals surface area contributed by atoms with E-state index in [-0.39, 0.29) is 11.6 Å². The molecule has 0 bridgehead atoms. The van der Waals surface area contributed by atoms with Gasteiger partial charge in [-0.25, -0.2) is 4.98 Å². The van der Waals surface area contributed by atoms with Crippen LogP contribution >= 0.6 is 0 Å². The van der Waals surface area contributed by atoms with Crippen LogP contribution in [0.25, 0.3) is 0 Å². The Bertz CT molecular complexity index is 638. The SMILES string of the molecule is Cc1c(C(=O)NCCCc2ncc[nH]2)cccc1[N+](=O)[O-]. The van der Waals surface area contributed by atoms with Gasteiger partial charge in [0.05, 0.1) is 4.92 Å². The van der Waals surface area contributed by atoms with E-state index in [1.165, 1.54) is 12.1 Å². The monoisotopic (exact) mass is 288 g/mol. The number of aromatic amines is 1. The standard InChI is InChI=1S/C14H16N4O3/c1-10-11(4-2-5-12(10)18(20)21)14(19)17-7-3-6-13-15-8-9-16-13/h2,4-5,8-9H,3,6-7H2,1H3,(H,15,16)(H,17,19). The van der Waals surface area contributed by atoms with Crippen LogP contribution in [0, 0.1) is 17.0 Å². The maximum Gasteiger partial charge on any atom is 0.273 e. The molecule has 110 valence electrons. The molecule has 0 saturated carbocycles. The van der Waals surface area contributed by atoms with E-state index in [2.05, 4.69) is 15.3 Å². The van der Waals surface area contributed by atoms with E-state index in [1.807, 2.05) is 0 Å². The van der Waals surface area contributed by atoms with Crippen molar-refractivity contribution in [1.29, 1.82) is 0 Å². The highest BCUT2D eigenvalue weighted by Gasteiger charge is 2.17. The van der Waals surface area contributed by atoms with Gasteiger partial charge in [0.15, 0.2) is 0 Å². The molecule has 1 aromatic carbocycles. The minimum absolute atomic E-state index is 0.0433. The molecule has 2 N–H and O–H groups in total. The number of nitro benzene ring substituents is 1. The van der Waals surface area contributed by atoms with Crippen LogP contribution in [-0.2, 0) is 6.42 Å². The Labute approximate surface area is 121 Å². The van der Waals surface area contributed by atoms with Crippen LogP contribution < -0.4 is 5.32 Å². The van der Waals surface area contributed by atoms with E-state index in [1.54, 1.807) is 25.4 Å². The molecule has 0 aliphatic carbocycles. The number of aryl methyl sites for hydroxylation is 1. The summed E-state index contributed by atoms with van der Waals surface area (Å²) in [4.78, 5) is 29.5. The molecule has 2 rings (SSSR count). The van der Waals surface area contributed by atoms with Crippen LogP contribution in [0.1, 0.15) is 28.2 Å². The van der Waals surface area contributed by atoms with Gasteiger partial charge in [0, 0.05) is 42.6 Å². The van der Waals surface area contributed by atoms with Crippen LogP contribution in [0.2, 0.25) is 0 Å². The highest BCUT2D eigenvalue weighted by atomic mass is 16.6. The van der Waals surface area contributed by atoms with Gasteiger partial charge in [0.1, 0.15) is 5.82 Å². The highest BCUT2D eigenvalue weighted by Crippen LogP contribution is 2.20. The normalized spacial score (nSPS) is 10.3. The second-order valence-corrected chi connectivity index (χ2v) is 4.60. The number of nitrogens with zero attached hydrogens (tertiary/aromatic N) is 2. The number of hydrogen-bond donors (Lipinski definition) is 2. The lowest BCUT2D eigenvalue weighted by atomic mass is 10.1. The predicted molar refractivity (Wildman–Crippen MR) is 77.1 cm³/mol. The number of carbonyl (C=O) groups excluding carboxylic acids is 1. The molecule has 0 saturated heterocycles. The fourth-order valence-corrected chi connectivity index (χ4v) is 2.05. The Morgan fingerprint density at radius 3 is 2.95 bits per heavy atom. The summed E-state index contributed by atoms with van der Waals surface area (Å²) in [7, 11) is 0. The zero-order chi connectivity index (χ0) is 15.2. The third kappa shape index (κ3) is 3.65. The highest BCUT2D eigenvalue weighted by molar-refractivity contribution is 5.96. The number of hydrogen-bond acceptors (Lipinski definition) is 4. The van der Waals surface area contributed by atoms with Crippen LogP contribution in [0.5, 0.6) is 0 Å². The molecular formula is C14H16N4O3. The van der Waals surface area contributed by atoms with E-state index < -0.39 is 4.92 Å². The van der Waals surface area contributed by atoms with Crippen molar-refractivity contribution >= 4 is 11.6 Å². The first-order valence-corrected chi connectivity index (χ1v) is 6.60. The van der Waals surface area contributed by atoms with Gasteiger partial charge in [-0.2, -0.15) is 0 Å². The molecule has 1 aromatic heterocycles. The van der Waals surface area contributed by atoms with Crippen LogP contribution in [0.4, 0.5) is 5.69 Å². The number of nitrogens with one attached hydrogen (secondary N) is 2. The van der Waals surface area contributed by atoms with Gasteiger partial charge >= 0.3 is 0 Å². The molecule has 2 aromatic rings. The lowest BCUT2D eigenvalue weighted by Crippen LogP contribution is -2.25.